The molecule has 0 spiro atoms. The topological polar surface area (TPSA) is 83.0 Å². The van der Waals surface area contributed by atoms with Gasteiger partial charge in [-0.25, -0.2) is 4.98 Å². The molecule has 0 bridgehead atoms. The minimum absolute atomic E-state index is 0.0531. The lowest BCUT2D eigenvalue weighted by molar-refractivity contribution is 0.0736. The molecule has 7 nitrogen and oxygen atoms in total. The van der Waals surface area contributed by atoms with E-state index < -0.39 is 0 Å². The number of anilines is 2. The number of fused-ring (bicyclic) bond motifs is 1. The van der Waals surface area contributed by atoms with Crippen LogP contribution in [0.2, 0.25) is 5.02 Å². The summed E-state index contributed by atoms with van der Waals surface area (Å²) in [7, 11) is 0. The van der Waals surface area contributed by atoms with E-state index >= 15 is 0 Å². The lowest BCUT2D eigenvalue weighted by atomic mass is 9.98. The predicted molar refractivity (Wildman–Crippen MR) is 149 cm³/mol. The quantitative estimate of drug-likeness (QED) is 0.237. The molecular weight excluding hydrogens is 575 g/mol. The van der Waals surface area contributed by atoms with Crippen molar-refractivity contribution in [3.63, 3.8) is 0 Å². The van der Waals surface area contributed by atoms with E-state index in [1.165, 1.54) is 5.56 Å². The van der Waals surface area contributed by atoms with Crippen LogP contribution in [0.4, 0.5) is 11.6 Å². The number of rotatable bonds is 5. The highest BCUT2D eigenvalue weighted by Gasteiger charge is 2.18. The number of benzene rings is 3. The van der Waals surface area contributed by atoms with Crippen molar-refractivity contribution in [2.24, 2.45) is 0 Å². The number of aromatic nitrogens is 3. The third-order valence-electron chi connectivity index (χ3n) is 6.08. The summed E-state index contributed by atoms with van der Waals surface area (Å²) in [5, 5.41) is 15.9. The molecule has 0 saturated carbocycles. The van der Waals surface area contributed by atoms with Gasteiger partial charge in [0, 0.05) is 52.4 Å². The number of nitrogens with zero attached hydrogens (tertiary/aromatic N) is 4. The number of aryl methyl sites for hydroxylation is 1. The second kappa shape index (κ2) is 10.4. The van der Waals surface area contributed by atoms with Gasteiger partial charge >= 0.3 is 0 Å². The first-order valence-electron chi connectivity index (χ1n) is 11.4. The van der Waals surface area contributed by atoms with Gasteiger partial charge in [-0.05, 0) is 66.1 Å². The van der Waals surface area contributed by atoms with Crippen LogP contribution in [0.25, 0.3) is 22.2 Å². The normalized spacial score (nSPS) is 13.7. The zero-order chi connectivity index (χ0) is 24.4. The van der Waals surface area contributed by atoms with Gasteiger partial charge in [-0.15, -0.1) is 10.2 Å². The third-order valence-corrected chi connectivity index (χ3v) is 7.21. The average Bonchev–Trinajstić information content (AvgIpc) is 2.89. The minimum atomic E-state index is 0.0531. The summed E-state index contributed by atoms with van der Waals surface area (Å²) in [4.78, 5) is 19.3. The van der Waals surface area contributed by atoms with Crippen molar-refractivity contribution in [3.05, 3.63) is 76.3 Å². The number of carbonyl (C=O) groups excluding carboxylic acids is 1. The monoisotopic (exact) mass is 598 g/mol. The summed E-state index contributed by atoms with van der Waals surface area (Å²) in [5.74, 6) is 0.456. The molecule has 5 rings (SSSR count). The van der Waals surface area contributed by atoms with Crippen LogP contribution in [0.3, 0.4) is 0 Å². The second-order valence-corrected chi connectivity index (χ2v) is 9.62. The second-order valence-electron chi connectivity index (χ2n) is 8.45. The Labute approximate surface area is 222 Å². The molecular formula is C26H24ClIN6O. The van der Waals surface area contributed by atoms with Gasteiger partial charge in [-0.1, -0.05) is 46.3 Å². The summed E-state index contributed by atoms with van der Waals surface area (Å²) in [6.07, 6.45) is 0. The van der Waals surface area contributed by atoms with Gasteiger partial charge in [-0.3, -0.25) is 4.79 Å². The molecule has 4 aromatic rings. The van der Waals surface area contributed by atoms with Gasteiger partial charge < -0.3 is 15.5 Å². The highest BCUT2D eigenvalue weighted by atomic mass is 127. The molecule has 178 valence electrons. The fraction of sp³-hybridized carbons (Fsp3) is 0.231. The number of hydrogen-bond acceptors (Lipinski definition) is 6. The van der Waals surface area contributed by atoms with Crippen LogP contribution in [0, 0.1) is 6.92 Å². The van der Waals surface area contributed by atoms with E-state index in [2.05, 4.69) is 55.6 Å². The Bertz CT molecular complexity index is 1390. The lowest BCUT2D eigenvalue weighted by Crippen LogP contribution is -2.46. The Hall–Kier alpha value is -2.82. The summed E-state index contributed by atoms with van der Waals surface area (Å²) < 4.78 is 0.858. The number of amides is 1. The predicted octanol–water partition coefficient (Wildman–Crippen LogP) is 5.38. The Morgan fingerprint density at radius 3 is 2.63 bits per heavy atom. The van der Waals surface area contributed by atoms with E-state index in [0.717, 1.165) is 63.5 Å². The van der Waals surface area contributed by atoms with Crippen molar-refractivity contribution < 1.29 is 4.79 Å². The Balaban J connectivity index is 1.38. The Morgan fingerprint density at radius 1 is 1.11 bits per heavy atom. The van der Waals surface area contributed by atoms with Gasteiger partial charge in [-0.2, -0.15) is 0 Å². The number of nitrogens with one attached hydrogen (secondary N) is 2. The van der Waals surface area contributed by atoms with Crippen molar-refractivity contribution in [1.29, 1.82) is 0 Å². The van der Waals surface area contributed by atoms with E-state index in [4.69, 9.17) is 16.6 Å². The van der Waals surface area contributed by atoms with Crippen LogP contribution >= 0.6 is 34.2 Å². The highest BCUT2D eigenvalue weighted by Crippen LogP contribution is 2.35. The number of carbonyl (C=O) groups is 1. The number of halogens is 2. The molecule has 0 atom stereocenters. The smallest absolute Gasteiger partial charge is 0.253 e. The van der Waals surface area contributed by atoms with Crippen molar-refractivity contribution in [2.75, 3.05) is 31.5 Å². The Morgan fingerprint density at radius 2 is 1.89 bits per heavy atom. The van der Waals surface area contributed by atoms with E-state index in [1.807, 2.05) is 54.3 Å². The van der Waals surface area contributed by atoms with Gasteiger partial charge in [0.05, 0.1) is 5.52 Å². The third kappa shape index (κ3) is 5.10. The summed E-state index contributed by atoms with van der Waals surface area (Å²) in [6.45, 7) is 5.13. The standard InChI is InChI=1S/C26H24ClIN6O/c1-16-13-19(23-18(15-28)3-2-4-21(23)27)14-22-24(16)31-26(33-32-22)30-20-7-5-17(6-8-20)25(35)34-11-9-29-10-12-34/h2-8,13-14,29H,9-12,15H2,1H3,(H,30,31,33). The van der Waals surface area contributed by atoms with E-state index in [-0.39, 0.29) is 5.91 Å². The number of piperazine rings is 1. The maximum absolute atomic E-state index is 12.7. The minimum Gasteiger partial charge on any atom is -0.336 e. The van der Waals surface area contributed by atoms with Crippen LogP contribution in [-0.2, 0) is 4.43 Å². The zero-order valence-electron chi connectivity index (χ0n) is 19.2. The molecule has 1 fully saturated rings. The molecule has 9 heteroatoms. The molecule has 1 aliphatic heterocycles. The van der Waals surface area contributed by atoms with Crippen LogP contribution in [0.15, 0.2) is 54.6 Å². The maximum Gasteiger partial charge on any atom is 0.253 e. The largest absolute Gasteiger partial charge is 0.336 e. The molecule has 3 aromatic carbocycles. The number of hydrogen-bond donors (Lipinski definition) is 2. The van der Waals surface area contributed by atoms with Gasteiger partial charge in [0.2, 0.25) is 5.95 Å². The van der Waals surface area contributed by atoms with E-state index in [1.54, 1.807) is 0 Å². The summed E-state index contributed by atoms with van der Waals surface area (Å²) >= 11 is 8.89. The molecule has 1 aromatic heterocycles. The molecule has 0 aliphatic carbocycles. The van der Waals surface area contributed by atoms with Crippen LogP contribution < -0.4 is 10.6 Å². The maximum atomic E-state index is 12.7. The van der Waals surface area contributed by atoms with Gasteiger partial charge in [0.1, 0.15) is 5.52 Å². The molecule has 0 radical (unpaired) electrons. The lowest BCUT2D eigenvalue weighted by Gasteiger charge is -2.27. The van der Waals surface area contributed by atoms with Gasteiger partial charge in [0.25, 0.3) is 5.91 Å². The average molecular weight is 599 g/mol. The zero-order valence-corrected chi connectivity index (χ0v) is 22.1. The first-order valence-corrected chi connectivity index (χ1v) is 13.3. The molecule has 1 saturated heterocycles. The van der Waals surface area contributed by atoms with Crippen molar-refractivity contribution in [1.82, 2.24) is 25.4 Å². The van der Waals surface area contributed by atoms with Crippen LogP contribution in [-0.4, -0.2) is 52.2 Å². The fourth-order valence-corrected chi connectivity index (χ4v) is 5.23. The summed E-state index contributed by atoms with van der Waals surface area (Å²) in [5.41, 5.74) is 7.15. The SMILES string of the molecule is Cc1cc(-c2c(Cl)cccc2CI)cc2nnc(Nc3ccc(C(=O)N4CCNCC4)cc3)nc12. The van der Waals surface area contributed by atoms with E-state index in [9.17, 15) is 4.79 Å². The molecule has 35 heavy (non-hydrogen) atoms. The first kappa shape index (κ1) is 23.9. The molecule has 2 heterocycles. The fourth-order valence-electron chi connectivity index (χ4n) is 4.29. The molecule has 1 aliphatic rings. The van der Waals surface area contributed by atoms with Crippen molar-refractivity contribution >= 4 is 62.8 Å². The Kier molecular flexibility index (Phi) is 7.12. The van der Waals surface area contributed by atoms with Crippen molar-refractivity contribution in [2.45, 2.75) is 11.4 Å². The van der Waals surface area contributed by atoms with Crippen LogP contribution in [0.5, 0.6) is 0 Å². The molecule has 2 N–H and O–H groups in total. The van der Waals surface area contributed by atoms with Crippen molar-refractivity contribution in [3.8, 4) is 11.1 Å². The number of alkyl halides is 1. The van der Waals surface area contributed by atoms with Crippen LogP contribution in [0.1, 0.15) is 21.5 Å². The first-order chi connectivity index (χ1) is 17.0. The van der Waals surface area contributed by atoms with E-state index in [0.29, 0.717) is 17.0 Å². The van der Waals surface area contributed by atoms with Gasteiger partial charge in [0.15, 0.2) is 0 Å². The molecule has 0 unspecified atom stereocenters. The molecule has 1 amide bonds. The summed E-state index contributed by atoms with van der Waals surface area (Å²) in [6, 6.07) is 17.4. The highest BCUT2D eigenvalue weighted by molar-refractivity contribution is 14.1.